The lowest BCUT2D eigenvalue weighted by Gasteiger charge is -2.54. The number of nitrogens with zero attached hydrogens (tertiary/aromatic N) is 1. The number of aromatic hydroxyl groups is 1. The Labute approximate surface area is 220 Å². The topological polar surface area (TPSA) is 197 Å². The quantitative estimate of drug-likeness (QED) is 0.248. The molecule has 1 aromatic rings. The molecule has 1 aromatic carbocycles. The number of phenols is 1. The zero-order chi connectivity index (χ0) is 28.5. The standard InChI is InChI=1S/C27H37N3O8/c1-26(2,3)10-29-9-11-6-7-12-14(19(11)31)22(34)16-15(20(12)32)23(35)17-18(30(4)5)21(33)13(25(28)37)8-27(17,38)24(16)36/h6-8,15,17-18,20-21,23,29,31-33,35-36,38H,9-10H2,1-5H3,(H2,28,37)/t15-,17+,18-,20-,21?,23-,27-/m0/s1. The number of ketones is 1. The van der Waals surface area contributed by atoms with Crippen LogP contribution in [0.3, 0.4) is 0 Å². The van der Waals surface area contributed by atoms with E-state index in [1.165, 1.54) is 11.0 Å². The molecule has 0 bridgehead atoms. The molecule has 3 aliphatic carbocycles. The lowest BCUT2D eigenvalue weighted by molar-refractivity contribution is -0.142. The normalized spacial score (nSPS) is 33.0. The second-order valence-electron chi connectivity index (χ2n) is 12.0. The number of primary amides is 1. The molecule has 0 saturated heterocycles. The highest BCUT2D eigenvalue weighted by molar-refractivity contribution is 6.14. The van der Waals surface area contributed by atoms with Gasteiger partial charge in [0.05, 0.1) is 17.8 Å². The molecule has 208 valence electrons. The number of aliphatic hydroxyl groups is 5. The number of hydrogen-bond donors (Lipinski definition) is 8. The maximum absolute atomic E-state index is 13.8. The zero-order valence-corrected chi connectivity index (χ0v) is 22.1. The van der Waals surface area contributed by atoms with Crippen LogP contribution in [0.5, 0.6) is 5.75 Å². The summed E-state index contributed by atoms with van der Waals surface area (Å²) in [5, 5.41) is 71.0. The number of phenolic OH excluding ortho intramolecular Hbond substituents is 1. The number of rotatable bonds is 5. The predicted molar refractivity (Wildman–Crippen MR) is 137 cm³/mol. The van der Waals surface area contributed by atoms with E-state index in [9.17, 15) is 40.2 Å². The lowest BCUT2D eigenvalue weighted by Crippen LogP contribution is -2.67. The number of fused-ring (bicyclic) bond motifs is 3. The van der Waals surface area contributed by atoms with Crippen LogP contribution in [-0.2, 0) is 11.3 Å². The Balaban J connectivity index is 1.88. The van der Waals surface area contributed by atoms with Gasteiger partial charge in [-0.3, -0.25) is 9.59 Å². The van der Waals surface area contributed by atoms with E-state index in [2.05, 4.69) is 5.32 Å². The van der Waals surface area contributed by atoms with Gasteiger partial charge in [0, 0.05) is 47.7 Å². The molecule has 7 atom stereocenters. The SMILES string of the molecule is CN(C)[C@@H]1C(O)C(C(N)=O)=C[C@@]2(O)C(O)=C3C(=O)c4c(ccc(CNCC(C)(C)C)c4O)[C@H](O)[C@H]3[C@H](O)[C@@H]12. The highest BCUT2D eigenvalue weighted by Gasteiger charge is 2.63. The average Bonchev–Trinajstić information content (AvgIpc) is 2.80. The molecule has 0 aliphatic heterocycles. The average molecular weight is 532 g/mol. The van der Waals surface area contributed by atoms with Crippen LogP contribution in [0.1, 0.15) is 48.4 Å². The summed E-state index contributed by atoms with van der Waals surface area (Å²) in [6, 6.07) is 1.96. The van der Waals surface area contributed by atoms with Crippen molar-refractivity contribution in [3.8, 4) is 5.75 Å². The van der Waals surface area contributed by atoms with Gasteiger partial charge >= 0.3 is 0 Å². The fourth-order valence-electron chi connectivity index (χ4n) is 6.12. The van der Waals surface area contributed by atoms with E-state index in [4.69, 9.17) is 5.73 Å². The minimum atomic E-state index is -2.46. The van der Waals surface area contributed by atoms with Crippen LogP contribution in [-0.4, -0.2) is 91.7 Å². The fourth-order valence-corrected chi connectivity index (χ4v) is 6.12. The third kappa shape index (κ3) is 4.23. The third-order valence-corrected chi connectivity index (χ3v) is 7.87. The second kappa shape index (κ2) is 9.44. The van der Waals surface area contributed by atoms with E-state index in [-0.39, 0.29) is 34.4 Å². The van der Waals surface area contributed by atoms with Gasteiger partial charge in [-0.2, -0.15) is 0 Å². The van der Waals surface area contributed by atoms with Crippen molar-refractivity contribution in [2.75, 3.05) is 20.6 Å². The number of aliphatic hydroxyl groups excluding tert-OH is 4. The summed E-state index contributed by atoms with van der Waals surface area (Å²) in [6.45, 7) is 6.98. The van der Waals surface area contributed by atoms with Crippen LogP contribution in [0.25, 0.3) is 0 Å². The highest BCUT2D eigenvalue weighted by Crippen LogP contribution is 2.54. The summed E-state index contributed by atoms with van der Waals surface area (Å²) in [6.07, 6.45) is -3.81. The van der Waals surface area contributed by atoms with E-state index >= 15 is 0 Å². The summed E-state index contributed by atoms with van der Waals surface area (Å²) in [4.78, 5) is 27.3. The number of Topliss-reactive ketones (excluding diaryl/α,β-unsaturated/α-hetero) is 1. The van der Waals surface area contributed by atoms with Gasteiger partial charge in [-0.15, -0.1) is 0 Å². The number of hydrogen-bond acceptors (Lipinski definition) is 10. The van der Waals surface area contributed by atoms with Crippen LogP contribution in [0.15, 0.2) is 35.1 Å². The Morgan fingerprint density at radius 1 is 1.13 bits per heavy atom. The molecule has 0 spiro atoms. The van der Waals surface area contributed by atoms with Crippen LogP contribution in [0.4, 0.5) is 0 Å². The zero-order valence-electron chi connectivity index (χ0n) is 22.1. The summed E-state index contributed by atoms with van der Waals surface area (Å²) in [5.74, 6) is -5.88. The molecule has 9 N–H and O–H groups in total. The molecule has 4 rings (SSSR count). The van der Waals surface area contributed by atoms with Gasteiger partial charge < -0.3 is 46.6 Å². The molecule has 11 nitrogen and oxygen atoms in total. The Hall–Kier alpha value is -2.80. The monoisotopic (exact) mass is 531 g/mol. The van der Waals surface area contributed by atoms with Gasteiger partial charge in [-0.25, -0.2) is 0 Å². The number of amides is 1. The van der Waals surface area contributed by atoms with E-state index in [0.29, 0.717) is 12.1 Å². The van der Waals surface area contributed by atoms with Crippen molar-refractivity contribution < 1.29 is 40.2 Å². The fraction of sp³-hybridized carbons (Fsp3) is 0.556. The van der Waals surface area contributed by atoms with Crippen molar-refractivity contribution in [3.05, 3.63) is 51.8 Å². The first kappa shape index (κ1) is 28.2. The summed E-state index contributed by atoms with van der Waals surface area (Å²) in [7, 11) is 3.10. The molecule has 11 heteroatoms. The first-order valence-electron chi connectivity index (χ1n) is 12.5. The van der Waals surface area contributed by atoms with Gasteiger partial charge in [0.2, 0.25) is 5.91 Å². The predicted octanol–water partition coefficient (Wildman–Crippen LogP) is -0.376. The Morgan fingerprint density at radius 2 is 1.76 bits per heavy atom. The molecule has 0 radical (unpaired) electrons. The van der Waals surface area contributed by atoms with Crippen molar-refractivity contribution in [1.82, 2.24) is 10.2 Å². The maximum atomic E-state index is 13.8. The molecule has 0 aromatic heterocycles. The molecule has 1 unspecified atom stereocenters. The van der Waals surface area contributed by atoms with E-state index in [1.807, 2.05) is 20.8 Å². The number of benzene rings is 1. The smallest absolute Gasteiger partial charge is 0.247 e. The maximum Gasteiger partial charge on any atom is 0.247 e. The Morgan fingerprint density at radius 3 is 2.32 bits per heavy atom. The third-order valence-electron chi connectivity index (χ3n) is 7.87. The number of likely N-dealkylation sites (N-methyl/N-ethyl adjacent to an activating group) is 1. The van der Waals surface area contributed by atoms with Crippen molar-refractivity contribution in [1.29, 1.82) is 0 Å². The lowest BCUT2D eigenvalue weighted by atomic mass is 9.57. The molecular formula is C27H37N3O8. The molecule has 0 fully saturated rings. The van der Waals surface area contributed by atoms with Gasteiger partial charge in [-0.05, 0) is 31.1 Å². The molecular weight excluding hydrogens is 494 g/mol. The molecule has 1 amide bonds. The first-order valence-corrected chi connectivity index (χ1v) is 12.5. The van der Waals surface area contributed by atoms with E-state index in [1.54, 1.807) is 20.2 Å². The highest BCUT2D eigenvalue weighted by atomic mass is 16.3. The summed E-state index contributed by atoms with van der Waals surface area (Å²) >= 11 is 0. The Bertz CT molecular complexity index is 1230. The van der Waals surface area contributed by atoms with Crippen molar-refractivity contribution in [3.63, 3.8) is 0 Å². The largest absolute Gasteiger partial charge is 0.508 e. The molecule has 0 saturated carbocycles. The number of nitrogens with two attached hydrogens (primary N) is 1. The van der Waals surface area contributed by atoms with E-state index < -0.39 is 64.8 Å². The van der Waals surface area contributed by atoms with Gasteiger partial charge in [0.25, 0.3) is 0 Å². The second-order valence-corrected chi connectivity index (χ2v) is 12.0. The number of carbonyl (C=O) groups excluding carboxylic acids is 2. The first-order chi connectivity index (χ1) is 17.5. The van der Waals surface area contributed by atoms with Crippen molar-refractivity contribution in [2.45, 2.75) is 57.3 Å². The Kier molecular flexibility index (Phi) is 7.01. The van der Waals surface area contributed by atoms with Gasteiger partial charge in [0.1, 0.15) is 23.2 Å². The number of carbonyl (C=O) groups is 2. The van der Waals surface area contributed by atoms with Gasteiger partial charge in [0.15, 0.2) is 5.78 Å². The van der Waals surface area contributed by atoms with Crippen LogP contribution in [0.2, 0.25) is 0 Å². The molecule has 0 heterocycles. The summed E-state index contributed by atoms with van der Waals surface area (Å²) < 4.78 is 0. The molecule has 38 heavy (non-hydrogen) atoms. The minimum Gasteiger partial charge on any atom is -0.508 e. The van der Waals surface area contributed by atoms with E-state index in [0.717, 1.165) is 6.08 Å². The van der Waals surface area contributed by atoms with Crippen LogP contribution >= 0.6 is 0 Å². The summed E-state index contributed by atoms with van der Waals surface area (Å²) in [5.41, 5.74) is 2.30. The number of nitrogens with one attached hydrogen (secondary N) is 1. The minimum absolute atomic E-state index is 0.0286. The van der Waals surface area contributed by atoms with Crippen LogP contribution in [0, 0.1) is 17.3 Å². The van der Waals surface area contributed by atoms with Crippen LogP contribution < -0.4 is 11.1 Å². The molecule has 3 aliphatic rings. The van der Waals surface area contributed by atoms with Crippen molar-refractivity contribution >= 4 is 11.7 Å². The van der Waals surface area contributed by atoms with Gasteiger partial charge in [-0.1, -0.05) is 32.9 Å². The van der Waals surface area contributed by atoms with Crippen molar-refractivity contribution in [2.24, 2.45) is 23.0 Å².